The van der Waals surface area contributed by atoms with Crippen molar-refractivity contribution >= 4 is 5.91 Å². The summed E-state index contributed by atoms with van der Waals surface area (Å²) >= 11 is 0. The Morgan fingerprint density at radius 1 is 1.00 bits per heavy atom. The number of aromatic nitrogens is 1. The molecule has 0 aliphatic carbocycles. The normalized spacial score (nSPS) is 10.5. The summed E-state index contributed by atoms with van der Waals surface area (Å²) in [6.45, 7) is 2.71. The van der Waals surface area contributed by atoms with E-state index >= 15 is 0 Å². The monoisotopic (exact) mass is 304 g/mol. The van der Waals surface area contributed by atoms with Crippen molar-refractivity contribution in [3.63, 3.8) is 0 Å². The second kappa shape index (κ2) is 6.97. The summed E-state index contributed by atoms with van der Waals surface area (Å²) in [7, 11) is 0. The molecule has 23 heavy (non-hydrogen) atoms. The Hall–Kier alpha value is -2.81. The fraction of sp³-hybridized carbons (Fsp3) is 0.150. The van der Waals surface area contributed by atoms with Gasteiger partial charge in [0, 0.05) is 30.2 Å². The molecule has 3 nitrogen and oxygen atoms in total. The van der Waals surface area contributed by atoms with Crippen LogP contribution in [0, 0.1) is 6.92 Å². The smallest absolute Gasteiger partial charge is 0.251 e. The van der Waals surface area contributed by atoms with E-state index in [4.69, 9.17) is 0 Å². The molecule has 0 fully saturated rings. The summed E-state index contributed by atoms with van der Waals surface area (Å²) in [5.41, 5.74) is 4.15. The Bertz CT molecular complexity index is 774. The molecule has 0 saturated heterocycles. The van der Waals surface area contributed by atoms with E-state index in [1.807, 2.05) is 53.4 Å². The second-order valence-corrected chi connectivity index (χ2v) is 5.63. The number of rotatable bonds is 5. The third-order valence-electron chi connectivity index (χ3n) is 3.83. The van der Waals surface area contributed by atoms with Gasteiger partial charge in [-0.2, -0.15) is 0 Å². The summed E-state index contributed by atoms with van der Waals surface area (Å²) in [6, 6.07) is 20.0. The largest absolute Gasteiger partial charge is 0.352 e. The predicted molar refractivity (Wildman–Crippen MR) is 93.0 cm³/mol. The van der Waals surface area contributed by atoms with E-state index in [0.717, 1.165) is 12.1 Å². The van der Waals surface area contributed by atoms with Crippen LogP contribution in [0.5, 0.6) is 0 Å². The van der Waals surface area contributed by atoms with Crippen LogP contribution in [0.4, 0.5) is 0 Å². The molecule has 3 aromatic rings. The molecule has 3 heteroatoms. The number of amides is 1. The Morgan fingerprint density at radius 2 is 1.74 bits per heavy atom. The maximum Gasteiger partial charge on any atom is 0.251 e. The number of aryl methyl sites for hydroxylation is 1. The van der Waals surface area contributed by atoms with Crippen molar-refractivity contribution in [3.8, 4) is 5.69 Å². The zero-order chi connectivity index (χ0) is 16.1. The molecule has 0 atom stereocenters. The van der Waals surface area contributed by atoms with E-state index in [2.05, 4.69) is 36.5 Å². The van der Waals surface area contributed by atoms with E-state index in [0.29, 0.717) is 12.1 Å². The van der Waals surface area contributed by atoms with E-state index in [1.54, 1.807) is 0 Å². The number of benzene rings is 2. The Kier molecular flexibility index (Phi) is 4.57. The lowest BCUT2D eigenvalue weighted by Gasteiger charge is -2.08. The van der Waals surface area contributed by atoms with Crippen LogP contribution >= 0.6 is 0 Å². The van der Waals surface area contributed by atoms with Gasteiger partial charge in [-0.25, -0.2) is 0 Å². The maximum atomic E-state index is 12.3. The molecule has 116 valence electrons. The quantitative estimate of drug-likeness (QED) is 0.765. The van der Waals surface area contributed by atoms with Crippen molar-refractivity contribution < 1.29 is 4.79 Å². The Balaban J connectivity index is 1.60. The van der Waals surface area contributed by atoms with Crippen molar-refractivity contribution in [3.05, 3.63) is 89.7 Å². The maximum absolute atomic E-state index is 12.3. The molecule has 0 unspecified atom stereocenters. The van der Waals surface area contributed by atoms with Gasteiger partial charge in [0.05, 0.1) is 0 Å². The summed E-state index contributed by atoms with van der Waals surface area (Å²) in [4.78, 5) is 12.3. The fourth-order valence-electron chi connectivity index (χ4n) is 2.49. The van der Waals surface area contributed by atoms with Gasteiger partial charge >= 0.3 is 0 Å². The molecule has 1 heterocycles. The van der Waals surface area contributed by atoms with Crippen LogP contribution in [0.2, 0.25) is 0 Å². The second-order valence-electron chi connectivity index (χ2n) is 5.63. The number of nitrogens with one attached hydrogen (secondary N) is 1. The van der Waals surface area contributed by atoms with Crippen LogP contribution in [-0.4, -0.2) is 17.0 Å². The summed E-state index contributed by atoms with van der Waals surface area (Å²) in [5.74, 6) is -0.0360. The van der Waals surface area contributed by atoms with Gasteiger partial charge in [-0.3, -0.25) is 4.79 Å². The minimum atomic E-state index is -0.0360. The molecular weight excluding hydrogens is 284 g/mol. The van der Waals surface area contributed by atoms with Gasteiger partial charge in [0.2, 0.25) is 0 Å². The average molecular weight is 304 g/mol. The van der Waals surface area contributed by atoms with Crippen LogP contribution in [-0.2, 0) is 6.42 Å². The van der Waals surface area contributed by atoms with Crippen molar-refractivity contribution in [1.29, 1.82) is 0 Å². The molecule has 1 amide bonds. The first kappa shape index (κ1) is 15.1. The van der Waals surface area contributed by atoms with E-state index < -0.39 is 0 Å². The van der Waals surface area contributed by atoms with Crippen molar-refractivity contribution in [1.82, 2.24) is 9.88 Å². The lowest BCUT2D eigenvalue weighted by Crippen LogP contribution is -2.25. The minimum absolute atomic E-state index is 0.0360. The highest BCUT2D eigenvalue weighted by Gasteiger charge is 2.06. The van der Waals surface area contributed by atoms with Crippen molar-refractivity contribution in [2.45, 2.75) is 13.3 Å². The van der Waals surface area contributed by atoms with Gasteiger partial charge in [0.1, 0.15) is 0 Å². The van der Waals surface area contributed by atoms with E-state index in [9.17, 15) is 4.79 Å². The average Bonchev–Trinajstić information content (AvgIpc) is 3.11. The van der Waals surface area contributed by atoms with Gasteiger partial charge in [-0.15, -0.1) is 0 Å². The highest BCUT2D eigenvalue weighted by molar-refractivity contribution is 5.94. The Labute approximate surface area is 136 Å². The molecule has 0 spiro atoms. The SMILES string of the molecule is Cc1ccc(CCNC(=O)c2cccc(-n3cccc3)c2)cc1. The third kappa shape index (κ3) is 3.89. The van der Waals surface area contributed by atoms with Crippen molar-refractivity contribution in [2.75, 3.05) is 6.54 Å². The molecular formula is C20H20N2O. The molecule has 1 aromatic heterocycles. The number of carbonyl (C=O) groups is 1. The Morgan fingerprint density at radius 3 is 2.48 bits per heavy atom. The zero-order valence-electron chi connectivity index (χ0n) is 13.2. The topological polar surface area (TPSA) is 34.0 Å². The van der Waals surface area contributed by atoms with Crippen LogP contribution in [0.25, 0.3) is 5.69 Å². The van der Waals surface area contributed by atoms with Crippen molar-refractivity contribution in [2.24, 2.45) is 0 Å². The molecule has 0 radical (unpaired) electrons. The molecule has 2 aromatic carbocycles. The zero-order valence-corrected chi connectivity index (χ0v) is 13.2. The van der Waals surface area contributed by atoms with E-state index in [-0.39, 0.29) is 5.91 Å². The first-order valence-electron chi connectivity index (χ1n) is 7.79. The summed E-state index contributed by atoms with van der Waals surface area (Å²) < 4.78 is 1.99. The van der Waals surface area contributed by atoms with Crippen LogP contribution in [0.1, 0.15) is 21.5 Å². The van der Waals surface area contributed by atoms with Crippen LogP contribution in [0.3, 0.4) is 0 Å². The minimum Gasteiger partial charge on any atom is -0.352 e. The predicted octanol–water partition coefficient (Wildman–Crippen LogP) is 3.76. The highest BCUT2D eigenvalue weighted by Crippen LogP contribution is 2.11. The standard InChI is InChI=1S/C20H20N2O/c1-16-7-9-17(10-8-16)11-12-21-20(23)18-5-4-6-19(15-18)22-13-2-3-14-22/h2-10,13-15H,11-12H2,1H3,(H,21,23). The lowest BCUT2D eigenvalue weighted by atomic mass is 10.1. The molecule has 3 rings (SSSR count). The molecule has 0 bridgehead atoms. The van der Waals surface area contributed by atoms with Gasteiger partial charge in [0.15, 0.2) is 0 Å². The molecule has 1 N–H and O–H groups in total. The third-order valence-corrected chi connectivity index (χ3v) is 3.83. The van der Waals surface area contributed by atoms with Gasteiger partial charge in [-0.1, -0.05) is 35.9 Å². The number of nitrogens with zero attached hydrogens (tertiary/aromatic N) is 1. The fourth-order valence-corrected chi connectivity index (χ4v) is 2.49. The van der Waals surface area contributed by atoms with Crippen LogP contribution in [0.15, 0.2) is 73.1 Å². The van der Waals surface area contributed by atoms with Gasteiger partial charge in [-0.05, 0) is 49.2 Å². The first-order valence-corrected chi connectivity index (χ1v) is 7.79. The van der Waals surface area contributed by atoms with Crippen LogP contribution < -0.4 is 5.32 Å². The highest BCUT2D eigenvalue weighted by atomic mass is 16.1. The van der Waals surface area contributed by atoms with Gasteiger partial charge < -0.3 is 9.88 Å². The molecule has 0 aliphatic heterocycles. The van der Waals surface area contributed by atoms with E-state index in [1.165, 1.54) is 11.1 Å². The summed E-state index contributed by atoms with van der Waals surface area (Å²) in [5, 5.41) is 2.99. The van der Waals surface area contributed by atoms with Gasteiger partial charge in [0.25, 0.3) is 5.91 Å². The molecule has 0 saturated carbocycles. The lowest BCUT2D eigenvalue weighted by molar-refractivity contribution is 0.0954. The number of hydrogen-bond donors (Lipinski definition) is 1. The number of hydrogen-bond acceptors (Lipinski definition) is 1. The number of carbonyl (C=O) groups excluding carboxylic acids is 1. The summed E-state index contributed by atoms with van der Waals surface area (Å²) in [6.07, 6.45) is 4.77. The molecule has 0 aliphatic rings. The first-order chi connectivity index (χ1) is 11.2.